The van der Waals surface area contributed by atoms with Crippen LogP contribution in [-0.2, 0) is 5.54 Å². The lowest BCUT2D eigenvalue weighted by Gasteiger charge is -2.17. The van der Waals surface area contributed by atoms with Crippen LogP contribution in [0.15, 0.2) is 12.3 Å². The van der Waals surface area contributed by atoms with Crippen LogP contribution in [0.3, 0.4) is 0 Å². The zero-order valence-electron chi connectivity index (χ0n) is 6.94. The average Bonchev–Trinajstić information content (AvgIpc) is 1.83. The molecule has 0 aliphatic carbocycles. The minimum absolute atomic E-state index is 0.229. The molecule has 0 amide bonds. The second-order valence-electron chi connectivity index (χ2n) is 3.21. The molecule has 1 heterocycles. The zero-order chi connectivity index (χ0) is 9.35. The maximum Gasteiger partial charge on any atom is 0.148 e. The van der Waals surface area contributed by atoms with Gasteiger partial charge in [-0.15, -0.1) is 0 Å². The summed E-state index contributed by atoms with van der Waals surface area (Å²) in [4.78, 5) is 3.82. The van der Waals surface area contributed by atoms with Crippen LogP contribution in [0, 0.1) is 5.82 Å². The molecule has 4 heteroatoms. The fourth-order valence-electron chi connectivity index (χ4n) is 0.889. The number of halogens is 2. The van der Waals surface area contributed by atoms with E-state index >= 15 is 0 Å². The van der Waals surface area contributed by atoms with Crippen molar-refractivity contribution in [2.75, 3.05) is 0 Å². The molecule has 0 aromatic carbocycles. The number of hydrogen-bond acceptors (Lipinski definition) is 2. The molecule has 0 aliphatic rings. The molecule has 0 unspecified atom stereocenters. The average molecular weight is 189 g/mol. The summed E-state index contributed by atoms with van der Waals surface area (Å²) < 4.78 is 13.1. The highest BCUT2D eigenvalue weighted by atomic mass is 35.5. The Bertz CT molecular complexity index is 294. The Labute approximate surface area is 75.6 Å². The Balaban J connectivity index is 3.19. The summed E-state index contributed by atoms with van der Waals surface area (Å²) in [6.45, 7) is 3.37. The maximum atomic E-state index is 13.1. The van der Waals surface area contributed by atoms with Gasteiger partial charge < -0.3 is 5.73 Å². The first-order valence-corrected chi connectivity index (χ1v) is 3.89. The third-order valence-corrected chi connectivity index (χ3v) is 1.62. The van der Waals surface area contributed by atoms with Crippen LogP contribution in [0.25, 0.3) is 0 Å². The van der Waals surface area contributed by atoms with Crippen LogP contribution < -0.4 is 5.73 Å². The Hall–Kier alpha value is -0.670. The first kappa shape index (κ1) is 9.42. The molecule has 0 bridgehead atoms. The Morgan fingerprint density at radius 1 is 1.58 bits per heavy atom. The highest BCUT2D eigenvalue weighted by Gasteiger charge is 2.20. The van der Waals surface area contributed by atoms with Gasteiger partial charge >= 0.3 is 0 Å². The van der Waals surface area contributed by atoms with Gasteiger partial charge in [-0.05, 0) is 19.9 Å². The van der Waals surface area contributed by atoms with E-state index in [4.69, 9.17) is 17.3 Å². The Morgan fingerprint density at radius 3 is 2.58 bits per heavy atom. The topological polar surface area (TPSA) is 38.9 Å². The molecule has 0 aliphatic heterocycles. The summed E-state index contributed by atoms with van der Waals surface area (Å²) in [7, 11) is 0. The fraction of sp³-hybridized carbons (Fsp3) is 0.375. The lowest BCUT2D eigenvalue weighted by molar-refractivity contribution is 0.482. The van der Waals surface area contributed by atoms with Crippen molar-refractivity contribution in [2.45, 2.75) is 19.4 Å². The monoisotopic (exact) mass is 188 g/mol. The van der Waals surface area contributed by atoms with Crippen LogP contribution >= 0.6 is 11.6 Å². The number of aromatic nitrogens is 1. The third-order valence-electron chi connectivity index (χ3n) is 1.42. The molecule has 1 rings (SSSR count). The largest absolute Gasteiger partial charge is 0.320 e. The van der Waals surface area contributed by atoms with E-state index in [1.54, 1.807) is 13.8 Å². The number of pyridine rings is 1. The second-order valence-corrected chi connectivity index (χ2v) is 3.64. The number of nitrogens with zero attached hydrogens (tertiary/aromatic N) is 1. The minimum atomic E-state index is -0.769. The van der Waals surface area contributed by atoms with Gasteiger partial charge in [-0.3, -0.25) is 4.98 Å². The van der Waals surface area contributed by atoms with Crippen molar-refractivity contribution < 1.29 is 4.39 Å². The van der Waals surface area contributed by atoms with Gasteiger partial charge in [0.25, 0.3) is 0 Å². The summed E-state index contributed by atoms with van der Waals surface area (Å²) in [6, 6.07) is 1.21. The highest BCUT2D eigenvalue weighted by molar-refractivity contribution is 6.30. The van der Waals surface area contributed by atoms with Crippen LogP contribution in [0.2, 0.25) is 5.02 Å². The molecule has 12 heavy (non-hydrogen) atoms. The molecule has 0 saturated carbocycles. The molecule has 2 N–H and O–H groups in total. The summed E-state index contributed by atoms with van der Waals surface area (Å²) in [5.41, 5.74) is 5.12. The summed E-state index contributed by atoms with van der Waals surface area (Å²) in [6.07, 6.45) is 1.38. The van der Waals surface area contributed by atoms with Gasteiger partial charge in [-0.2, -0.15) is 0 Å². The first-order valence-electron chi connectivity index (χ1n) is 3.51. The van der Waals surface area contributed by atoms with Crippen molar-refractivity contribution in [1.29, 1.82) is 0 Å². The van der Waals surface area contributed by atoms with E-state index in [0.29, 0.717) is 0 Å². The fourth-order valence-corrected chi connectivity index (χ4v) is 1.03. The lowest BCUT2D eigenvalue weighted by atomic mass is 10.0. The van der Waals surface area contributed by atoms with Gasteiger partial charge in [-0.1, -0.05) is 11.6 Å². The summed E-state index contributed by atoms with van der Waals surface area (Å²) in [5.74, 6) is -0.463. The van der Waals surface area contributed by atoms with Crippen LogP contribution in [-0.4, -0.2) is 4.98 Å². The van der Waals surface area contributed by atoms with Gasteiger partial charge in [0.15, 0.2) is 0 Å². The van der Waals surface area contributed by atoms with E-state index in [1.165, 1.54) is 12.3 Å². The van der Waals surface area contributed by atoms with Crippen molar-refractivity contribution in [3.8, 4) is 0 Å². The van der Waals surface area contributed by atoms with Crippen molar-refractivity contribution in [3.05, 3.63) is 28.8 Å². The molecule has 2 nitrogen and oxygen atoms in total. The Morgan fingerprint density at radius 2 is 2.17 bits per heavy atom. The molecule has 0 radical (unpaired) electrons. The smallest absolute Gasteiger partial charge is 0.148 e. The van der Waals surface area contributed by atoms with Crippen molar-refractivity contribution >= 4 is 11.6 Å². The highest BCUT2D eigenvalue weighted by Crippen LogP contribution is 2.20. The van der Waals surface area contributed by atoms with Crippen molar-refractivity contribution in [2.24, 2.45) is 5.73 Å². The minimum Gasteiger partial charge on any atom is -0.320 e. The summed E-state index contributed by atoms with van der Waals surface area (Å²) >= 11 is 5.52. The Kier molecular flexibility index (Phi) is 2.35. The number of rotatable bonds is 1. The number of hydrogen-bond donors (Lipinski definition) is 1. The molecule has 0 saturated heterocycles. The van der Waals surface area contributed by atoms with E-state index in [-0.39, 0.29) is 10.7 Å². The number of nitrogens with two attached hydrogens (primary N) is 1. The zero-order valence-corrected chi connectivity index (χ0v) is 7.69. The second kappa shape index (κ2) is 2.99. The normalized spacial score (nSPS) is 11.8. The van der Waals surface area contributed by atoms with Crippen LogP contribution in [0.1, 0.15) is 19.5 Å². The van der Waals surface area contributed by atoms with Crippen molar-refractivity contribution in [1.82, 2.24) is 4.98 Å². The molecular weight excluding hydrogens is 179 g/mol. The summed E-state index contributed by atoms with van der Waals surface area (Å²) in [5, 5.41) is 0.278. The predicted molar refractivity (Wildman–Crippen MR) is 46.4 cm³/mol. The van der Waals surface area contributed by atoms with Crippen LogP contribution in [0.4, 0.5) is 4.39 Å². The van der Waals surface area contributed by atoms with E-state index in [2.05, 4.69) is 4.98 Å². The molecule has 0 atom stereocenters. The van der Waals surface area contributed by atoms with Gasteiger partial charge in [0, 0.05) is 6.20 Å². The standard InChI is InChI=1S/C8H10ClFN2/c1-8(2,11)7-6(10)3-5(9)4-12-7/h3-4H,11H2,1-2H3. The van der Waals surface area contributed by atoms with Gasteiger partial charge in [0.2, 0.25) is 0 Å². The van der Waals surface area contributed by atoms with E-state index < -0.39 is 11.4 Å². The molecule has 0 spiro atoms. The molecule has 66 valence electrons. The van der Waals surface area contributed by atoms with Crippen LogP contribution in [0.5, 0.6) is 0 Å². The van der Waals surface area contributed by atoms with Gasteiger partial charge in [0.1, 0.15) is 5.82 Å². The molecule has 1 aromatic rings. The van der Waals surface area contributed by atoms with E-state index in [1.807, 2.05) is 0 Å². The molecule has 0 fully saturated rings. The van der Waals surface area contributed by atoms with Crippen molar-refractivity contribution in [3.63, 3.8) is 0 Å². The quantitative estimate of drug-likeness (QED) is 0.733. The molecule has 1 aromatic heterocycles. The van der Waals surface area contributed by atoms with Gasteiger partial charge in [-0.25, -0.2) is 4.39 Å². The first-order chi connectivity index (χ1) is 5.41. The molecular formula is C8H10ClFN2. The lowest BCUT2D eigenvalue weighted by Crippen LogP contribution is -2.31. The van der Waals surface area contributed by atoms with E-state index in [0.717, 1.165) is 0 Å². The van der Waals surface area contributed by atoms with E-state index in [9.17, 15) is 4.39 Å². The SMILES string of the molecule is CC(C)(N)c1ncc(Cl)cc1F. The van der Waals surface area contributed by atoms with Gasteiger partial charge in [0.05, 0.1) is 16.3 Å². The predicted octanol–water partition coefficient (Wildman–Crippen LogP) is 2.07. The maximum absolute atomic E-state index is 13.1. The third kappa shape index (κ3) is 1.93.